The minimum atomic E-state index is 0.527. The van der Waals surface area contributed by atoms with E-state index in [2.05, 4.69) is 22.1 Å². The summed E-state index contributed by atoms with van der Waals surface area (Å²) < 4.78 is 4.94. The van der Waals surface area contributed by atoms with Crippen molar-refractivity contribution in [2.24, 2.45) is 10.7 Å². The zero-order valence-electron chi connectivity index (χ0n) is 11.1. The Morgan fingerprint density at radius 3 is 2.76 bits per heavy atom. The first kappa shape index (κ1) is 14.3. The van der Waals surface area contributed by atoms with Crippen LogP contribution in [-0.2, 0) is 4.74 Å². The van der Waals surface area contributed by atoms with Gasteiger partial charge in [-0.25, -0.2) is 0 Å². The van der Waals surface area contributed by atoms with E-state index in [0.29, 0.717) is 25.2 Å². The molecular weight excluding hydrogens is 216 g/mol. The molecule has 5 nitrogen and oxygen atoms in total. The minimum Gasteiger partial charge on any atom is -0.383 e. The normalized spacial score (nSPS) is 19.5. The summed E-state index contributed by atoms with van der Waals surface area (Å²) in [6.07, 6.45) is 3.78. The maximum absolute atomic E-state index is 5.78. The Morgan fingerprint density at radius 1 is 1.47 bits per heavy atom. The molecule has 1 saturated heterocycles. The number of nitrogens with zero attached hydrogens (tertiary/aromatic N) is 2. The largest absolute Gasteiger partial charge is 0.383 e. The molecule has 1 rings (SSSR count). The first-order valence-electron chi connectivity index (χ1n) is 6.54. The van der Waals surface area contributed by atoms with Gasteiger partial charge in [0.15, 0.2) is 5.96 Å². The summed E-state index contributed by atoms with van der Waals surface area (Å²) in [5.74, 6) is 0.527. The molecule has 0 spiro atoms. The van der Waals surface area contributed by atoms with Crippen molar-refractivity contribution >= 4 is 5.96 Å². The third-order valence-corrected chi connectivity index (χ3v) is 3.21. The van der Waals surface area contributed by atoms with Crippen LogP contribution in [0.25, 0.3) is 0 Å². The van der Waals surface area contributed by atoms with E-state index in [1.807, 2.05) is 0 Å². The summed E-state index contributed by atoms with van der Waals surface area (Å²) >= 11 is 0. The average molecular weight is 242 g/mol. The predicted octanol–water partition coefficient (Wildman–Crippen LogP) is 0.412. The highest BCUT2D eigenvalue weighted by Crippen LogP contribution is 2.14. The number of nitrogens with one attached hydrogen (secondary N) is 1. The Labute approximate surface area is 104 Å². The number of guanidine groups is 1. The summed E-state index contributed by atoms with van der Waals surface area (Å²) in [7, 11) is 1.68. The third-order valence-electron chi connectivity index (χ3n) is 3.21. The summed E-state index contributed by atoms with van der Waals surface area (Å²) in [5.41, 5.74) is 5.78. The molecule has 17 heavy (non-hydrogen) atoms. The fourth-order valence-electron chi connectivity index (χ4n) is 2.15. The Morgan fingerprint density at radius 2 is 2.18 bits per heavy atom. The van der Waals surface area contributed by atoms with E-state index in [-0.39, 0.29) is 0 Å². The highest BCUT2D eigenvalue weighted by molar-refractivity contribution is 5.77. The van der Waals surface area contributed by atoms with Gasteiger partial charge in [-0.3, -0.25) is 9.89 Å². The van der Waals surface area contributed by atoms with Crippen LogP contribution in [0.15, 0.2) is 4.99 Å². The number of hydrogen-bond acceptors (Lipinski definition) is 3. The van der Waals surface area contributed by atoms with Crippen molar-refractivity contribution in [1.29, 1.82) is 0 Å². The van der Waals surface area contributed by atoms with Gasteiger partial charge in [-0.1, -0.05) is 6.92 Å². The fourth-order valence-corrected chi connectivity index (χ4v) is 2.15. The summed E-state index contributed by atoms with van der Waals surface area (Å²) in [5, 5.41) is 3.04. The molecule has 1 aliphatic rings. The SMILES string of the molecule is CCC(CN=C(N)NCCOC)N1CCCC1. The molecule has 3 N–H and O–H groups in total. The van der Waals surface area contributed by atoms with Crippen LogP contribution in [0.5, 0.6) is 0 Å². The molecule has 1 heterocycles. The van der Waals surface area contributed by atoms with Crippen LogP contribution in [0, 0.1) is 0 Å². The lowest BCUT2D eigenvalue weighted by molar-refractivity contribution is 0.203. The number of ether oxygens (including phenoxy) is 1. The second-order valence-electron chi connectivity index (χ2n) is 4.45. The second kappa shape index (κ2) is 8.31. The zero-order valence-corrected chi connectivity index (χ0v) is 11.1. The smallest absolute Gasteiger partial charge is 0.188 e. The molecule has 100 valence electrons. The molecule has 1 fully saturated rings. The molecule has 0 aromatic carbocycles. The minimum absolute atomic E-state index is 0.527. The van der Waals surface area contributed by atoms with E-state index < -0.39 is 0 Å². The van der Waals surface area contributed by atoms with Gasteiger partial charge in [0.1, 0.15) is 0 Å². The lowest BCUT2D eigenvalue weighted by atomic mass is 10.2. The van der Waals surface area contributed by atoms with Crippen molar-refractivity contribution in [3.05, 3.63) is 0 Å². The lowest BCUT2D eigenvalue weighted by Crippen LogP contribution is -2.38. The van der Waals surface area contributed by atoms with Gasteiger partial charge < -0.3 is 15.8 Å². The van der Waals surface area contributed by atoms with Crippen LogP contribution >= 0.6 is 0 Å². The standard InChI is InChI=1S/C12H26N4O/c1-3-11(16-7-4-5-8-16)10-15-12(13)14-6-9-17-2/h11H,3-10H2,1-2H3,(H3,13,14,15). The van der Waals surface area contributed by atoms with Crippen LogP contribution < -0.4 is 11.1 Å². The number of aliphatic imine (C=N–C) groups is 1. The number of hydrogen-bond donors (Lipinski definition) is 2. The molecule has 0 aromatic heterocycles. The van der Waals surface area contributed by atoms with Crippen molar-refractivity contribution in [1.82, 2.24) is 10.2 Å². The molecule has 1 aliphatic heterocycles. The van der Waals surface area contributed by atoms with Crippen LogP contribution in [0.3, 0.4) is 0 Å². The van der Waals surface area contributed by atoms with E-state index in [1.165, 1.54) is 25.9 Å². The van der Waals surface area contributed by atoms with Crippen LogP contribution in [0.4, 0.5) is 0 Å². The van der Waals surface area contributed by atoms with Gasteiger partial charge in [0.2, 0.25) is 0 Å². The summed E-state index contributed by atoms with van der Waals surface area (Å²) in [6.45, 7) is 6.80. The van der Waals surface area contributed by atoms with Crippen LogP contribution in [0.2, 0.25) is 0 Å². The fraction of sp³-hybridized carbons (Fsp3) is 0.917. The molecule has 0 aliphatic carbocycles. The first-order chi connectivity index (χ1) is 8.27. The van der Waals surface area contributed by atoms with E-state index in [1.54, 1.807) is 7.11 Å². The van der Waals surface area contributed by atoms with Gasteiger partial charge in [0, 0.05) is 19.7 Å². The first-order valence-corrected chi connectivity index (χ1v) is 6.54. The van der Waals surface area contributed by atoms with Crippen molar-refractivity contribution in [2.45, 2.75) is 32.2 Å². The van der Waals surface area contributed by atoms with Crippen LogP contribution in [0.1, 0.15) is 26.2 Å². The van der Waals surface area contributed by atoms with Crippen LogP contribution in [-0.4, -0.2) is 56.8 Å². The molecular formula is C12H26N4O. The topological polar surface area (TPSA) is 62.9 Å². The van der Waals surface area contributed by atoms with Gasteiger partial charge in [-0.05, 0) is 32.4 Å². The predicted molar refractivity (Wildman–Crippen MR) is 71.3 cm³/mol. The molecule has 1 atom stereocenters. The lowest BCUT2D eigenvalue weighted by Gasteiger charge is -2.24. The van der Waals surface area contributed by atoms with E-state index in [0.717, 1.165) is 13.0 Å². The second-order valence-corrected chi connectivity index (χ2v) is 4.45. The molecule has 0 bridgehead atoms. The van der Waals surface area contributed by atoms with Gasteiger partial charge in [0.05, 0.1) is 13.2 Å². The van der Waals surface area contributed by atoms with Gasteiger partial charge in [-0.2, -0.15) is 0 Å². The number of methoxy groups -OCH3 is 1. The van der Waals surface area contributed by atoms with Crippen molar-refractivity contribution < 1.29 is 4.74 Å². The molecule has 0 amide bonds. The molecule has 0 aromatic rings. The van der Waals surface area contributed by atoms with Gasteiger partial charge >= 0.3 is 0 Å². The van der Waals surface area contributed by atoms with Crippen molar-refractivity contribution in [3.63, 3.8) is 0 Å². The third kappa shape index (κ3) is 5.37. The number of nitrogens with two attached hydrogens (primary N) is 1. The highest BCUT2D eigenvalue weighted by atomic mass is 16.5. The average Bonchev–Trinajstić information content (AvgIpc) is 2.84. The van der Waals surface area contributed by atoms with E-state index in [4.69, 9.17) is 10.5 Å². The number of rotatable bonds is 7. The van der Waals surface area contributed by atoms with Crippen molar-refractivity contribution in [2.75, 3.05) is 39.9 Å². The van der Waals surface area contributed by atoms with Gasteiger partial charge in [0.25, 0.3) is 0 Å². The maximum atomic E-state index is 5.78. The van der Waals surface area contributed by atoms with E-state index in [9.17, 15) is 0 Å². The highest BCUT2D eigenvalue weighted by Gasteiger charge is 2.19. The number of likely N-dealkylation sites (tertiary alicyclic amines) is 1. The monoisotopic (exact) mass is 242 g/mol. The maximum Gasteiger partial charge on any atom is 0.188 e. The summed E-state index contributed by atoms with van der Waals surface area (Å²) in [6, 6.07) is 0.542. The molecule has 1 unspecified atom stereocenters. The Bertz CT molecular complexity index is 227. The summed E-state index contributed by atoms with van der Waals surface area (Å²) in [4.78, 5) is 6.92. The Kier molecular flexibility index (Phi) is 6.96. The Balaban J connectivity index is 2.27. The van der Waals surface area contributed by atoms with Crippen molar-refractivity contribution in [3.8, 4) is 0 Å². The molecule has 5 heteroatoms. The zero-order chi connectivity index (χ0) is 12.5. The Hall–Kier alpha value is -0.810. The van der Waals surface area contributed by atoms with E-state index >= 15 is 0 Å². The quantitative estimate of drug-likeness (QED) is 0.386. The molecule has 0 radical (unpaired) electrons. The van der Waals surface area contributed by atoms with Gasteiger partial charge in [-0.15, -0.1) is 0 Å². The molecule has 0 saturated carbocycles.